The van der Waals surface area contributed by atoms with Crippen molar-refractivity contribution in [3.05, 3.63) is 0 Å². The van der Waals surface area contributed by atoms with Gasteiger partial charge in [-0.3, -0.25) is 0 Å². The molecule has 0 aromatic rings. The van der Waals surface area contributed by atoms with E-state index in [2.05, 4.69) is 13.8 Å². The minimum absolute atomic E-state index is 0.372. The predicted molar refractivity (Wildman–Crippen MR) is 69.0 cm³/mol. The van der Waals surface area contributed by atoms with Crippen LogP contribution in [0.2, 0.25) is 0 Å². The monoisotopic (exact) mass is 224 g/mol. The molecule has 3 unspecified atom stereocenters. The smallest absolute Gasteiger partial charge is 0.00961 e. The molecule has 3 rings (SSSR count). The largest absolute Gasteiger partial charge is 0.327 e. The van der Waals surface area contributed by atoms with Crippen LogP contribution in [0, 0.1) is 17.3 Å². The fraction of sp³-hybridized carbons (Fsp3) is 1.00. The molecule has 0 amide bonds. The van der Waals surface area contributed by atoms with Crippen molar-refractivity contribution in [1.29, 1.82) is 0 Å². The molecule has 4 N–H and O–H groups in total. The second-order valence-electron chi connectivity index (χ2n) is 6.11. The number of hydrogen-bond acceptors (Lipinski definition) is 2. The first-order valence-electron chi connectivity index (χ1n) is 7.15. The molecule has 2 heteroatoms. The average molecular weight is 224 g/mol. The molecule has 3 atom stereocenters. The van der Waals surface area contributed by atoms with Gasteiger partial charge in [-0.25, -0.2) is 0 Å². The van der Waals surface area contributed by atoms with Gasteiger partial charge in [-0.05, 0) is 62.2 Å². The fourth-order valence-electron chi connectivity index (χ4n) is 4.35. The summed E-state index contributed by atoms with van der Waals surface area (Å²) >= 11 is 0. The molecule has 3 fully saturated rings. The minimum Gasteiger partial charge on any atom is -0.327 e. The highest BCUT2D eigenvalue weighted by molar-refractivity contribution is 5.04. The molecule has 0 radical (unpaired) electrons. The van der Waals surface area contributed by atoms with Crippen molar-refractivity contribution in [2.75, 3.05) is 0 Å². The van der Waals surface area contributed by atoms with Gasteiger partial charge in [0.05, 0.1) is 0 Å². The molecule has 0 saturated heterocycles. The minimum atomic E-state index is 0.372. The van der Waals surface area contributed by atoms with Gasteiger partial charge in [0.1, 0.15) is 0 Å². The summed E-state index contributed by atoms with van der Waals surface area (Å²) in [7, 11) is 0. The van der Waals surface area contributed by atoms with E-state index in [0.29, 0.717) is 23.4 Å². The van der Waals surface area contributed by atoms with Crippen molar-refractivity contribution in [3.63, 3.8) is 0 Å². The first kappa shape index (κ1) is 12.4. The molecule has 94 valence electrons. The van der Waals surface area contributed by atoms with Crippen LogP contribution in [0.3, 0.4) is 0 Å². The Bertz CT molecular complexity index is 231. The quantitative estimate of drug-likeness (QED) is 0.771. The van der Waals surface area contributed by atoms with E-state index in [1.165, 1.54) is 32.1 Å². The fourth-order valence-corrected chi connectivity index (χ4v) is 4.35. The van der Waals surface area contributed by atoms with Gasteiger partial charge in [0.25, 0.3) is 0 Å². The summed E-state index contributed by atoms with van der Waals surface area (Å²) in [6.45, 7) is 4.45. The maximum Gasteiger partial charge on any atom is 0.00961 e. The van der Waals surface area contributed by atoms with Gasteiger partial charge < -0.3 is 11.5 Å². The van der Waals surface area contributed by atoms with E-state index in [1.807, 2.05) is 0 Å². The van der Waals surface area contributed by atoms with Crippen molar-refractivity contribution < 1.29 is 0 Å². The molecule has 3 aliphatic carbocycles. The molecule has 0 aromatic heterocycles. The topological polar surface area (TPSA) is 52.0 Å². The Morgan fingerprint density at radius 1 is 1.12 bits per heavy atom. The van der Waals surface area contributed by atoms with Crippen LogP contribution < -0.4 is 11.5 Å². The van der Waals surface area contributed by atoms with Crippen LogP contribution in [-0.4, -0.2) is 12.1 Å². The van der Waals surface area contributed by atoms with Crippen LogP contribution in [0.1, 0.15) is 58.8 Å². The summed E-state index contributed by atoms with van der Waals surface area (Å²) in [5.41, 5.74) is 13.2. The molecule has 3 aliphatic rings. The van der Waals surface area contributed by atoms with Crippen LogP contribution >= 0.6 is 0 Å². The van der Waals surface area contributed by atoms with Crippen molar-refractivity contribution in [1.82, 2.24) is 0 Å². The molecule has 0 spiro atoms. The Hall–Kier alpha value is -0.0800. The summed E-state index contributed by atoms with van der Waals surface area (Å²) < 4.78 is 0. The standard InChI is InChI=1S/C14H28N2/c1-3-12(15)11-9-10-5-7-14(11,8-6-10)13(16)4-2/h10-13H,3-9,15-16H2,1-2H3. The van der Waals surface area contributed by atoms with E-state index in [-0.39, 0.29) is 0 Å². The van der Waals surface area contributed by atoms with Gasteiger partial charge in [-0.15, -0.1) is 0 Å². The Morgan fingerprint density at radius 3 is 2.25 bits per heavy atom. The summed E-state index contributed by atoms with van der Waals surface area (Å²) in [5.74, 6) is 1.65. The van der Waals surface area contributed by atoms with E-state index in [1.54, 1.807) is 0 Å². The first-order valence-corrected chi connectivity index (χ1v) is 7.15. The van der Waals surface area contributed by atoms with Crippen LogP contribution in [-0.2, 0) is 0 Å². The van der Waals surface area contributed by atoms with E-state index < -0.39 is 0 Å². The molecular weight excluding hydrogens is 196 g/mol. The maximum absolute atomic E-state index is 6.45. The number of hydrogen-bond donors (Lipinski definition) is 2. The molecule has 0 aliphatic heterocycles. The van der Waals surface area contributed by atoms with E-state index in [0.717, 1.165) is 18.8 Å². The highest BCUT2D eigenvalue weighted by Crippen LogP contribution is 2.56. The zero-order valence-corrected chi connectivity index (χ0v) is 10.9. The zero-order valence-electron chi connectivity index (χ0n) is 10.9. The van der Waals surface area contributed by atoms with Crippen LogP contribution in [0.4, 0.5) is 0 Å². The normalized spacial score (nSPS) is 42.0. The SMILES string of the molecule is CCC(N)C1CC2CCC1(C(N)CC)CC2. The summed E-state index contributed by atoms with van der Waals surface area (Å²) in [5, 5.41) is 0. The van der Waals surface area contributed by atoms with Crippen LogP contribution in [0.25, 0.3) is 0 Å². The third kappa shape index (κ3) is 1.80. The zero-order chi connectivity index (χ0) is 11.8. The van der Waals surface area contributed by atoms with Gasteiger partial charge in [0.2, 0.25) is 0 Å². The lowest BCUT2D eigenvalue weighted by Gasteiger charge is -2.57. The third-order valence-electron chi connectivity index (χ3n) is 5.53. The van der Waals surface area contributed by atoms with Gasteiger partial charge in [-0.1, -0.05) is 13.8 Å². The molecule has 16 heavy (non-hydrogen) atoms. The van der Waals surface area contributed by atoms with Gasteiger partial charge in [0, 0.05) is 12.1 Å². The first-order chi connectivity index (χ1) is 7.64. The van der Waals surface area contributed by atoms with Gasteiger partial charge in [-0.2, -0.15) is 0 Å². The lowest BCUT2D eigenvalue weighted by Crippen LogP contribution is -2.57. The third-order valence-corrected chi connectivity index (χ3v) is 5.53. The van der Waals surface area contributed by atoms with Crippen molar-refractivity contribution in [3.8, 4) is 0 Å². The van der Waals surface area contributed by atoms with Gasteiger partial charge in [0.15, 0.2) is 0 Å². The summed E-state index contributed by atoms with van der Waals surface area (Å²) in [4.78, 5) is 0. The Morgan fingerprint density at radius 2 is 1.75 bits per heavy atom. The molecule has 3 saturated carbocycles. The predicted octanol–water partition coefficient (Wildman–Crippen LogP) is 2.66. The van der Waals surface area contributed by atoms with Gasteiger partial charge >= 0.3 is 0 Å². The molecular formula is C14H28N2. The molecule has 0 aromatic carbocycles. The van der Waals surface area contributed by atoms with Crippen LogP contribution in [0.5, 0.6) is 0 Å². The van der Waals surface area contributed by atoms with E-state index in [4.69, 9.17) is 11.5 Å². The van der Waals surface area contributed by atoms with Crippen LogP contribution in [0.15, 0.2) is 0 Å². The van der Waals surface area contributed by atoms with E-state index in [9.17, 15) is 0 Å². The average Bonchev–Trinajstić information content (AvgIpc) is 2.37. The van der Waals surface area contributed by atoms with E-state index >= 15 is 0 Å². The Labute approximate surface area is 100 Å². The number of nitrogens with two attached hydrogens (primary N) is 2. The lowest BCUT2D eigenvalue weighted by molar-refractivity contribution is -0.0398. The highest BCUT2D eigenvalue weighted by atomic mass is 14.8. The highest BCUT2D eigenvalue weighted by Gasteiger charge is 2.51. The molecule has 2 bridgehead atoms. The summed E-state index contributed by atoms with van der Waals surface area (Å²) in [6, 6.07) is 0.747. The van der Waals surface area contributed by atoms with Crippen molar-refractivity contribution in [2.24, 2.45) is 28.7 Å². The lowest BCUT2D eigenvalue weighted by atomic mass is 9.50. The Kier molecular flexibility index (Phi) is 3.60. The second kappa shape index (κ2) is 4.66. The second-order valence-corrected chi connectivity index (χ2v) is 6.11. The Balaban J connectivity index is 2.22. The number of rotatable bonds is 4. The van der Waals surface area contributed by atoms with Crippen molar-refractivity contribution >= 4 is 0 Å². The van der Waals surface area contributed by atoms with Crippen molar-refractivity contribution in [2.45, 2.75) is 70.9 Å². The number of fused-ring (bicyclic) bond motifs is 3. The maximum atomic E-state index is 6.45. The molecule has 0 heterocycles. The molecule has 2 nitrogen and oxygen atoms in total. The summed E-state index contributed by atoms with van der Waals surface area (Å²) in [6.07, 6.45) is 9.05.